The first kappa shape index (κ1) is 17.0. The first-order valence-corrected chi connectivity index (χ1v) is 8.79. The maximum atomic E-state index is 12.4. The minimum Gasteiger partial charge on any atom is -0.381 e. The zero-order valence-corrected chi connectivity index (χ0v) is 14.1. The van der Waals surface area contributed by atoms with E-state index in [1.807, 2.05) is 0 Å². The Morgan fingerprint density at radius 3 is 2.57 bits per heavy atom. The van der Waals surface area contributed by atoms with Crippen LogP contribution in [0, 0.1) is 0 Å². The Bertz CT molecular complexity index is 616. The summed E-state index contributed by atoms with van der Waals surface area (Å²) in [7, 11) is -0.325. The predicted molar refractivity (Wildman–Crippen MR) is 83.4 cm³/mol. The summed E-state index contributed by atoms with van der Waals surface area (Å²) in [5, 5.41) is 3.47. The molecule has 0 heterocycles. The lowest BCUT2D eigenvalue weighted by Gasteiger charge is -2.34. The number of methoxy groups -OCH3 is 1. The van der Waals surface area contributed by atoms with Crippen LogP contribution in [-0.2, 0) is 21.3 Å². The van der Waals surface area contributed by atoms with Crippen molar-refractivity contribution in [1.29, 1.82) is 0 Å². The Labute approximate surface area is 135 Å². The summed E-state index contributed by atoms with van der Waals surface area (Å²) >= 11 is 12.2. The fourth-order valence-electron chi connectivity index (χ4n) is 2.27. The van der Waals surface area contributed by atoms with Crippen molar-refractivity contribution in [2.24, 2.45) is 0 Å². The molecule has 2 N–H and O–H groups in total. The molecular formula is C13H18Cl2N2O3S. The average Bonchev–Trinajstić information content (AvgIpc) is 2.37. The van der Waals surface area contributed by atoms with E-state index in [1.54, 1.807) is 20.2 Å². The third-order valence-corrected chi connectivity index (χ3v) is 5.81. The van der Waals surface area contributed by atoms with Crippen LogP contribution in [0.15, 0.2) is 17.0 Å². The van der Waals surface area contributed by atoms with Crippen LogP contribution in [0.4, 0.5) is 0 Å². The number of rotatable bonds is 6. The highest BCUT2D eigenvalue weighted by molar-refractivity contribution is 7.89. The maximum Gasteiger partial charge on any atom is 0.242 e. The van der Waals surface area contributed by atoms with Gasteiger partial charge in [-0.25, -0.2) is 13.1 Å². The topological polar surface area (TPSA) is 67.4 Å². The molecule has 0 aromatic heterocycles. The fraction of sp³-hybridized carbons (Fsp3) is 0.538. The van der Waals surface area contributed by atoms with Gasteiger partial charge in [0, 0.05) is 24.7 Å². The molecule has 1 aliphatic rings. The van der Waals surface area contributed by atoms with Crippen LogP contribution in [0.3, 0.4) is 0 Å². The standard InChI is InChI=1S/C13H18Cl2N2O3S/c1-16-7-8-3-9(14)4-12(13(8)15)21(18,19)17-10-5-11(6-10)20-2/h3-4,10-11,16-17H,5-7H2,1-2H3. The molecule has 1 aliphatic carbocycles. The van der Waals surface area contributed by atoms with Gasteiger partial charge in [-0.15, -0.1) is 0 Å². The Kier molecular flexibility index (Phi) is 5.51. The van der Waals surface area contributed by atoms with Gasteiger partial charge in [0.05, 0.1) is 11.1 Å². The molecule has 0 spiro atoms. The van der Waals surface area contributed by atoms with Gasteiger partial charge < -0.3 is 10.1 Å². The van der Waals surface area contributed by atoms with Crippen molar-refractivity contribution in [3.05, 3.63) is 27.7 Å². The van der Waals surface area contributed by atoms with Crippen molar-refractivity contribution in [2.45, 2.75) is 36.4 Å². The van der Waals surface area contributed by atoms with Gasteiger partial charge in [-0.05, 0) is 37.6 Å². The number of benzene rings is 1. The highest BCUT2D eigenvalue weighted by Crippen LogP contribution is 2.31. The van der Waals surface area contributed by atoms with E-state index < -0.39 is 10.0 Å². The second kappa shape index (κ2) is 6.81. The number of nitrogens with one attached hydrogen (secondary N) is 2. The smallest absolute Gasteiger partial charge is 0.242 e. The molecule has 0 aliphatic heterocycles. The van der Waals surface area contributed by atoms with E-state index >= 15 is 0 Å². The second-order valence-corrected chi connectivity index (χ2v) is 7.55. The summed E-state index contributed by atoms with van der Waals surface area (Å²) in [4.78, 5) is 0.0165. The van der Waals surface area contributed by atoms with Crippen molar-refractivity contribution < 1.29 is 13.2 Å². The average molecular weight is 353 g/mol. The van der Waals surface area contributed by atoms with E-state index in [0.29, 0.717) is 30.0 Å². The van der Waals surface area contributed by atoms with Crippen LogP contribution < -0.4 is 10.0 Å². The highest BCUT2D eigenvalue weighted by Gasteiger charge is 2.33. The molecule has 0 unspecified atom stereocenters. The lowest BCUT2D eigenvalue weighted by molar-refractivity contribution is 0.0236. The van der Waals surface area contributed by atoms with Crippen LogP contribution in [0.5, 0.6) is 0 Å². The van der Waals surface area contributed by atoms with Gasteiger partial charge in [0.1, 0.15) is 4.90 Å². The summed E-state index contributed by atoms with van der Waals surface area (Å²) in [6, 6.07) is 2.91. The van der Waals surface area contributed by atoms with Crippen molar-refractivity contribution in [3.8, 4) is 0 Å². The number of hydrogen-bond donors (Lipinski definition) is 2. The molecule has 0 bridgehead atoms. The number of ether oxygens (including phenoxy) is 1. The van der Waals surface area contributed by atoms with E-state index in [4.69, 9.17) is 27.9 Å². The molecule has 118 valence electrons. The van der Waals surface area contributed by atoms with Crippen LogP contribution in [-0.4, -0.2) is 34.7 Å². The van der Waals surface area contributed by atoms with E-state index in [1.165, 1.54) is 6.07 Å². The second-order valence-electron chi connectivity index (χ2n) is 5.05. The van der Waals surface area contributed by atoms with Crippen molar-refractivity contribution in [3.63, 3.8) is 0 Å². The predicted octanol–water partition coefficient (Wildman–Crippen LogP) is 2.17. The lowest BCUT2D eigenvalue weighted by atomic mass is 9.90. The van der Waals surface area contributed by atoms with Crippen LogP contribution in [0.25, 0.3) is 0 Å². The van der Waals surface area contributed by atoms with E-state index in [0.717, 1.165) is 0 Å². The summed E-state index contributed by atoms with van der Waals surface area (Å²) in [6.45, 7) is 0.442. The summed E-state index contributed by atoms with van der Waals surface area (Å²) < 4.78 is 32.7. The van der Waals surface area contributed by atoms with E-state index in [2.05, 4.69) is 10.0 Å². The zero-order chi connectivity index (χ0) is 15.6. The summed E-state index contributed by atoms with van der Waals surface area (Å²) in [5.41, 5.74) is 0.649. The molecule has 1 saturated carbocycles. The molecule has 21 heavy (non-hydrogen) atoms. The molecule has 1 fully saturated rings. The third-order valence-electron chi connectivity index (χ3n) is 3.49. The Balaban J connectivity index is 2.23. The first-order chi connectivity index (χ1) is 9.87. The van der Waals surface area contributed by atoms with Crippen molar-refractivity contribution >= 4 is 33.2 Å². The van der Waals surface area contributed by atoms with Gasteiger partial charge in [-0.1, -0.05) is 23.2 Å². The van der Waals surface area contributed by atoms with Crippen molar-refractivity contribution in [2.75, 3.05) is 14.2 Å². The molecule has 2 rings (SSSR count). The normalized spacial score (nSPS) is 22.1. The van der Waals surface area contributed by atoms with E-state index in [9.17, 15) is 8.42 Å². The number of halogens is 2. The molecule has 5 nitrogen and oxygen atoms in total. The maximum absolute atomic E-state index is 12.4. The van der Waals surface area contributed by atoms with Gasteiger partial charge >= 0.3 is 0 Å². The van der Waals surface area contributed by atoms with Crippen LogP contribution >= 0.6 is 23.2 Å². The van der Waals surface area contributed by atoms with Gasteiger partial charge in [0.15, 0.2) is 0 Å². The van der Waals surface area contributed by atoms with Gasteiger partial charge in [0.25, 0.3) is 0 Å². The first-order valence-electron chi connectivity index (χ1n) is 6.55. The van der Waals surface area contributed by atoms with Gasteiger partial charge in [-0.2, -0.15) is 0 Å². The van der Waals surface area contributed by atoms with Gasteiger partial charge in [0.2, 0.25) is 10.0 Å². The molecule has 0 saturated heterocycles. The van der Waals surface area contributed by atoms with E-state index in [-0.39, 0.29) is 22.1 Å². The monoisotopic (exact) mass is 352 g/mol. The highest BCUT2D eigenvalue weighted by atomic mass is 35.5. The lowest BCUT2D eigenvalue weighted by Crippen LogP contribution is -2.47. The number of hydrogen-bond acceptors (Lipinski definition) is 4. The minimum atomic E-state index is -3.70. The largest absolute Gasteiger partial charge is 0.381 e. The molecular weight excluding hydrogens is 335 g/mol. The summed E-state index contributed by atoms with van der Waals surface area (Å²) in [6.07, 6.45) is 1.45. The quantitative estimate of drug-likeness (QED) is 0.823. The molecule has 0 amide bonds. The number of sulfonamides is 1. The summed E-state index contributed by atoms with van der Waals surface area (Å²) in [5.74, 6) is 0. The van der Waals surface area contributed by atoms with Gasteiger partial charge in [-0.3, -0.25) is 0 Å². The Morgan fingerprint density at radius 2 is 2.00 bits per heavy atom. The molecule has 0 radical (unpaired) electrons. The third kappa shape index (κ3) is 3.88. The fourth-order valence-corrected chi connectivity index (χ4v) is 4.46. The van der Waals surface area contributed by atoms with Crippen LogP contribution in [0.1, 0.15) is 18.4 Å². The molecule has 8 heteroatoms. The molecule has 1 aromatic carbocycles. The zero-order valence-electron chi connectivity index (χ0n) is 11.8. The van der Waals surface area contributed by atoms with Crippen LogP contribution in [0.2, 0.25) is 10.0 Å². The Hall–Kier alpha value is -0.370. The minimum absolute atomic E-state index is 0.0165. The molecule has 1 aromatic rings. The molecule has 0 atom stereocenters. The van der Waals surface area contributed by atoms with Crippen molar-refractivity contribution in [1.82, 2.24) is 10.0 Å². The Morgan fingerprint density at radius 1 is 1.33 bits per heavy atom. The SMILES string of the molecule is CNCc1cc(Cl)cc(S(=O)(=O)NC2CC(OC)C2)c1Cl.